The molecule has 7 heteroatoms. The largest absolute Gasteiger partial charge is 0.360 e. The molecule has 26 heavy (non-hydrogen) atoms. The zero-order valence-corrected chi connectivity index (χ0v) is 15.3. The van der Waals surface area contributed by atoms with Crippen molar-refractivity contribution in [1.29, 1.82) is 0 Å². The highest BCUT2D eigenvalue weighted by molar-refractivity contribution is 7.71. The van der Waals surface area contributed by atoms with E-state index in [1.54, 1.807) is 22.9 Å². The fourth-order valence-corrected chi connectivity index (χ4v) is 3.80. The number of rotatable bonds is 4. The highest BCUT2D eigenvalue weighted by Crippen LogP contribution is 2.12. The molecule has 1 aliphatic rings. The Morgan fingerprint density at radius 3 is 2.65 bits per heavy atom. The van der Waals surface area contributed by atoms with Crippen molar-refractivity contribution in [1.82, 2.24) is 14.5 Å². The second-order valence-corrected chi connectivity index (χ2v) is 7.00. The van der Waals surface area contributed by atoms with Crippen LogP contribution in [0.5, 0.6) is 0 Å². The third-order valence-corrected chi connectivity index (χ3v) is 5.36. The van der Waals surface area contributed by atoms with Gasteiger partial charge in [-0.05, 0) is 36.5 Å². The van der Waals surface area contributed by atoms with Crippen molar-refractivity contribution in [2.45, 2.75) is 6.54 Å². The van der Waals surface area contributed by atoms with Gasteiger partial charge in [-0.2, -0.15) is 0 Å². The number of benzene rings is 1. The standard InChI is InChI=1S/C19H21N5OS/c25-18-16-7-4-8-20-17(16)21-19(26)24(18)14-11-22-9-12-23(13-10-22)15-5-2-1-3-6-15/h1-8H,9-14H2,(H,20,21,26)/p+1. The lowest BCUT2D eigenvalue weighted by Gasteiger charge is -2.33. The predicted molar refractivity (Wildman–Crippen MR) is 105 cm³/mol. The third kappa shape index (κ3) is 3.40. The topological polar surface area (TPSA) is 58.4 Å². The Hall–Kier alpha value is -2.51. The van der Waals surface area contributed by atoms with Gasteiger partial charge in [0.05, 0.1) is 44.7 Å². The third-order valence-electron chi connectivity index (χ3n) is 5.03. The van der Waals surface area contributed by atoms with Gasteiger partial charge in [-0.1, -0.05) is 18.2 Å². The van der Waals surface area contributed by atoms with Crippen LogP contribution in [0.2, 0.25) is 0 Å². The number of quaternary nitrogens is 1. The normalized spacial score (nSPS) is 15.5. The molecule has 4 rings (SSSR count). The summed E-state index contributed by atoms with van der Waals surface area (Å²) < 4.78 is 2.11. The summed E-state index contributed by atoms with van der Waals surface area (Å²) in [5.41, 5.74) is 1.79. The van der Waals surface area contributed by atoms with Crippen LogP contribution < -0.4 is 15.4 Å². The summed E-state index contributed by atoms with van der Waals surface area (Å²) in [7, 11) is 0. The summed E-state index contributed by atoms with van der Waals surface area (Å²) >= 11 is 5.37. The SMILES string of the molecule is O=c1c2cccnc2[nH]c(=S)n1CC[NH+]1CCN(c2ccccc2)CC1. The number of pyridine rings is 1. The quantitative estimate of drug-likeness (QED) is 0.671. The maximum absolute atomic E-state index is 12.7. The van der Waals surface area contributed by atoms with Crippen molar-refractivity contribution in [2.75, 3.05) is 37.6 Å². The van der Waals surface area contributed by atoms with Crippen molar-refractivity contribution >= 4 is 28.9 Å². The van der Waals surface area contributed by atoms with Gasteiger partial charge in [0, 0.05) is 11.9 Å². The van der Waals surface area contributed by atoms with Crippen LogP contribution >= 0.6 is 12.2 Å². The van der Waals surface area contributed by atoms with Gasteiger partial charge in [-0.3, -0.25) is 9.36 Å². The molecule has 0 bridgehead atoms. The minimum absolute atomic E-state index is 0.0563. The average molecular weight is 368 g/mol. The van der Waals surface area contributed by atoms with E-state index in [1.165, 1.54) is 10.6 Å². The van der Waals surface area contributed by atoms with E-state index in [0.29, 0.717) is 22.3 Å². The van der Waals surface area contributed by atoms with Crippen LogP contribution in [0, 0.1) is 4.77 Å². The number of anilines is 1. The second-order valence-electron chi connectivity index (χ2n) is 6.61. The van der Waals surface area contributed by atoms with E-state index in [1.807, 2.05) is 6.07 Å². The molecule has 1 saturated heterocycles. The van der Waals surface area contributed by atoms with Crippen LogP contribution in [0.4, 0.5) is 5.69 Å². The molecule has 3 aromatic rings. The van der Waals surface area contributed by atoms with Crippen LogP contribution in [0.15, 0.2) is 53.5 Å². The molecule has 3 heterocycles. The van der Waals surface area contributed by atoms with E-state index >= 15 is 0 Å². The zero-order valence-electron chi connectivity index (χ0n) is 14.5. The van der Waals surface area contributed by atoms with Crippen LogP contribution in [0.3, 0.4) is 0 Å². The minimum atomic E-state index is -0.0563. The van der Waals surface area contributed by atoms with E-state index in [2.05, 4.69) is 39.1 Å². The molecular weight excluding hydrogens is 346 g/mol. The Morgan fingerprint density at radius 2 is 1.88 bits per heavy atom. The molecule has 0 spiro atoms. The number of hydrogen-bond donors (Lipinski definition) is 2. The van der Waals surface area contributed by atoms with Crippen molar-refractivity contribution in [2.24, 2.45) is 0 Å². The van der Waals surface area contributed by atoms with Crippen LogP contribution in [-0.4, -0.2) is 47.3 Å². The molecule has 134 valence electrons. The van der Waals surface area contributed by atoms with Gasteiger partial charge in [0.1, 0.15) is 5.65 Å². The number of H-pyrrole nitrogens is 1. The van der Waals surface area contributed by atoms with Gasteiger partial charge in [-0.25, -0.2) is 4.98 Å². The average Bonchev–Trinajstić information content (AvgIpc) is 2.69. The lowest BCUT2D eigenvalue weighted by atomic mass is 10.2. The first-order valence-corrected chi connectivity index (χ1v) is 9.34. The second kappa shape index (κ2) is 7.39. The smallest absolute Gasteiger partial charge is 0.264 e. The monoisotopic (exact) mass is 368 g/mol. The number of fused-ring (bicyclic) bond motifs is 1. The highest BCUT2D eigenvalue weighted by Gasteiger charge is 2.20. The maximum atomic E-state index is 12.7. The summed E-state index contributed by atoms with van der Waals surface area (Å²) in [6, 6.07) is 14.1. The molecule has 1 aliphatic heterocycles. The molecule has 0 radical (unpaired) electrons. The molecule has 6 nitrogen and oxygen atoms in total. The zero-order chi connectivity index (χ0) is 17.9. The summed E-state index contributed by atoms with van der Waals surface area (Å²) in [6.07, 6.45) is 1.66. The molecular formula is C19H22N5OS+. The predicted octanol–water partition coefficient (Wildman–Crippen LogP) is 0.859. The van der Waals surface area contributed by atoms with Crippen LogP contribution in [0.25, 0.3) is 11.0 Å². The first-order valence-electron chi connectivity index (χ1n) is 8.94. The Bertz CT molecular complexity index is 1010. The summed E-state index contributed by atoms with van der Waals surface area (Å²) in [5, 5.41) is 0.588. The van der Waals surface area contributed by atoms with Gasteiger partial charge >= 0.3 is 0 Å². The Kier molecular flexibility index (Phi) is 4.81. The molecule has 1 fully saturated rings. The van der Waals surface area contributed by atoms with Gasteiger partial charge in [0.2, 0.25) is 0 Å². The molecule has 0 amide bonds. The lowest BCUT2D eigenvalue weighted by Crippen LogP contribution is -3.15. The minimum Gasteiger partial charge on any atom is -0.360 e. The number of piperazine rings is 1. The van der Waals surface area contributed by atoms with Crippen LogP contribution in [-0.2, 0) is 6.54 Å². The number of aromatic amines is 1. The van der Waals surface area contributed by atoms with Gasteiger partial charge in [0.25, 0.3) is 5.56 Å². The molecule has 0 atom stereocenters. The molecule has 0 aliphatic carbocycles. The Morgan fingerprint density at radius 1 is 1.12 bits per heavy atom. The number of nitrogens with zero attached hydrogens (tertiary/aromatic N) is 3. The number of aromatic nitrogens is 3. The summed E-state index contributed by atoms with van der Waals surface area (Å²) in [6.45, 7) is 5.71. The maximum Gasteiger partial charge on any atom is 0.264 e. The van der Waals surface area contributed by atoms with Crippen molar-refractivity contribution in [3.05, 3.63) is 63.8 Å². The first-order chi connectivity index (χ1) is 12.7. The molecule has 0 saturated carbocycles. The molecule has 2 N–H and O–H groups in total. The van der Waals surface area contributed by atoms with Gasteiger partial charge in [-0.15, -0.1) is 0 Å². The fraction of sp³-hybridized carbons (Fsp3) is 0.316. The summed E-state index contributed by atoms with van der Waals surface area (Å²) in [5.74, 6) is 0. The van der Waals surface area contributed by atoms with Gasteiger partial charge in [0.15, 0.2) is 4.77 Å². The molecule has 1 aromatic carbocycles. The first kappa shape index (κ1) is 16.9. The van der Waals surface area contributed by atoms with E-state index in [4.69, 9.17) is 12.2 Å². The van der Waals surface area contributed by atoms with E-state index in [9.17, 15) is 4.79 Å². The Labute approximate surface area is 156 Å². The van der Waals surface area contributed by atoms with Crippen molar-refractivity contribution < 1.29 is 4.90 Å². The number of para-hydroxylation sites is 1. The number of hydrogen-bond acceptors (Lipinski definition) is 4. The van der Waals surface area contributed by atoms with E-state index in [0.717, 1.165) is 32.7 Å². The fourth-order valence-electron chi connectivity index (χ4n) is 3.53. The van der Waals surface area contributed by atoms with E-state index in [-0.39, 0.29) is 5.56 Å². The van der Waals surface area contributed by atoms with E-state index < -0.39 is 0 Å². The van der Waals surface area contributed by atoms with Gasteiger partial charge < -0.3 is 14.8 Å². The molecule has 2 aromatic heterocycles. The van der Waals surface area contributed by atoms with Crippen molar-refractivity contribution in [3.63, 3.8) is 0 Å². The van der Waals surface area contributed by atoms with Crippen LogP contribution in [0.1, 0.15) is 0 Å². The Balaban J connectivity index is 1.42. The number of nitrogens with one attached hydrogen (secondary N) is 2. The lowest BCUT2D eigenvalue weighted by molar-refractivity contribution is -0.901. The molecule has 0 unspecified atom stereocenters. The summed E-state index contributed by atoms with van der Waals surface area (Å²) in [4.78, 5) is 23.9. The highest BCUT2D eigenvalue weighted by atomic mass is 32.1. The van der Waals surface area contributed by atoms with Crippen molar-refractivity contribution in [3.8, 4) is 0 Å².